The maximum atomic E-state index is 5.91. The summed E-state index contributed by atoms with van der Waals surface area (Å²) in [4.78, 5) is 0. The summed E-state index contributed by atoms with van der Waals surface area (Å²) in [6, 6.07) is 12.8. The van der Waals surface area contributed by atoms with E-state index in [9.17, 15) is 0 Å². The van der Waals surface area contributed by atoms with Gasteiger partial charge in [-0.1, -0.05) is 41.4 Å². The van der Waals surface area contributed by atoms with Crippen molar-refractivity contribution in [2.45, 2.75) is 6.61 Å². The second kappa shape index (κ2) is 6.74. The molecule has 0 heterocycles. The van der Waals surface area contributed by atoms with Crippen LogP contribution in [0.15, 0.2) is 42.5 Å². The average Bonchev–Trinajstić information content (AvgIpc) is 2.32. The third-order valence-electron chi connectivity index (χ3n) is 2.30. The van der Waals surface area contributed by atoms with Gasteiger partial charge in [0.1, 0.15) is 12.4 Å². The molecule has 0 fully saturated rings. The fraction of sp³-hybridized carbons (Fsp3) is 0.0769. The molecular weight excluding hydrogens is 293 g/mol. The van der Waals surface area contributed by atoms with Crippen LogP contribution in [0.1, 0.15) is 5.56 Å². The van der Waals surface area contributed by atoms with Gasteiger partial charge in [-0.05, 0) is 29.8 Å². The molecule has 0 aromatic heterocycles. The monoisotopic (exact) mass is 303 g/mol. The fourth-order valence-corrected chi connectivity index (χ4v) is 1.72. The third kappa shape index (κ3) is 3.70. The van der Waals surface area contributed by atoms with Gasteiger partial charge in [0.15, 0.2) is 0 Å². The van der Waals surface area contributed by atoms with Crippen molar-refractivity contribution in [2.24, 2.45) is 0 Å². The van der Waals surface area contributed by atoms with Crippen molar-refractivity contribution in [3.05, 3.63) is 58.1 Å². The SMILES string of the molecule is Cl.Nc1ccccc1OCc1ccc(Cl)c(Cl)c1. The Hall–Kier alpha value is -1.09. The molecule has 0 aliphatic carbocycles. The minimum absolute atomic E-state index is 0. The van der Waals surface area contributed by atoms with Crippen LogP contribution in [0.5, 0.6) is 5.75 Å². The van der Waals surface area contributed by atoms with Gasteiger partial charge in [0.05, 0.1) is 15.7 Å². The second-order valence-corrected chi connectivity index (χ2v) is 4.39. The van der Waals surface area contributed by atoms with Crippen LogP contribution in [0.25, 0.3) is 0 Å². The summed E-state index contributed by atoms with van der Waals surface area (Å²) in [5, 5.41) is 1.06. The highest BCUT2D eigenvalue weighted by molar-refractivity contribution is 6.42. The van der Waals surface area contributed by atoms with Gasteiger partial charge in [-0.25, -0.2) is 0 Å². The Morgan fingerprint density at radius 1 is 1.00 bits per heavy atom. The number of rotatable bonds is 3. The molecule has 0 saturated carbocycles. The molecule has 0 unspecified atom stereocenters. The maximum Gasteiger partial charge on any atom is 0.142 e. The molecule has 0 atom stereocenters. The van der Waals surface area contributed by atoms with Crippen molar-refractivity contribution in [3.63, 3.8) is 0 Å². The van der Waals surface area contributed by atoms with E-state index in [2.05, 4.69) is 0 Å². The lowest BCUT2D eigenvalue weighted by molar-refractivity contribution is 0.308. The van der Waals surface area contributed by atoms with Crippen LogP contribution < -0.4 is 10.5 Å². The van der Waals surface area contributed by atoms with Crippen molar-refractivity contribution in [1.82, 2.24) is 0 Å². The highest BCUT2D eigenvalue weighted by Gasteiger charge is 2.02. The van der Waals surface area contributed by atoms with Crippen LogP contribution in [0.3, 0.4) is 0 Å². The summed E-state index contributed by atoms with van der Waals surface area (Å²) in [7, 11) is 0. The van der Waals surface area contributed by atoms with Gasteiger partial charge in [0.2, 0.25) is 0 Å². The third-order valence-corrected chi connectivity index (χ3v) is 3.04. The zero-order valence-electron chi connectivity index (χ0n) is 9.40. The van der Waals surface area contributed by atoms with Gasteiger partial charge >= 0.3 is 0 Å². The Morgan fingerprint density at radius 2 is 1.72 bits per heavy atom. The van der Waals surface area contributed by atoms with Gasteiger partial charge in [-0.15, -0.1) is 12.4 Å². The largest absolute Gasteiger partial charge is 0.487 e. The predicted molar refractivity (Wildman–Crippen MR) is 78.9 cm³/mol. The Labute approximate surface area is 122 Å². The lowest BCUT2D eigenvalue weighted by Crippen LogP contribution is -1.98. The van der Waals surface area contributed by atoms with Crippen LogP contribution in [0.2, 0.25) is 10.0 Å². The molecule has 0 aliphatic heterocycles. The number of benzene rings is 2. The Kier molecular flexibility index (Phi) is 5.60. The molecule has 2 rings (SSSR count). The molecule has 0 amide bonds. The number of hydrogen-bond acceptors (Lipinski definition) is 2. The first-order valence-corrected chi connectivity index (χ1v) is 5.83. The van der Waals surface area contributed by atoms with Gasteiger partial charge < -0.3 is 10.5 Å². The number of halogens is 3. The molecule has 5 heteroatoms. The van der Waals surface area contributed by atoms with Crippen LogP contribution in [-0.2, 0) is 6.61 Å². The van der Waals surface area contributed by atoms with E-state index in [0.29, 0.717) is 28.1 Å². The number of anilines is 1. The maximum absolute atomic E-state index is 5.91. The van der Waals surface area contributed by atoms with Crippen LogP contribution >= 0.6 is 35.6 Å². The van der Waals surface area contributed by atoms with Gasteiger partial charge in [0, 0.05) is 0 Å². The van der Waals surface area contributed by atoms with E-state index in [1.54, 1.807) is 18.2 Å². The van der Waals surface area contributed by atoms with Crippen molar-refractivity contribution in [3.8, 4) is 5.75 Å². The van der Waals surface area contributed by atoms with Crippen molar-refractivity contribution in [2.75, 3.05) is 5.73 Å². The molecule has 0 radical (unpaired) electrons. The molecule has 96 valence electrons. The highest BCUT2D eigenvalue weighted by atomic mass is 35.5. The Balaban J connectivity index is 0.00000162. The molecule has 2 N–H and O–H groups in total. The first-order chi connectivity index (χ1) is 8.16. The number of nitrogens with two attached hydrogens (primary N) is 1. The van der Waals surface area contributed by atoms with Gasteiger partial charge in [-0.2, -0.15) is 0 Å². The molecule has 2 aromatic carbocycles. The van der Waals surface area contributed by atoms with E-state index in [-0.39, 0.29) is 12.4 Å². The molecule has 0 spiro atoms. The Morgan fingerprint density at radius 3 is 2.39 bits per heavy atom. The van der Waals surface area contributed by atoms with Crippen LogP contribution in [0.4, 0.5) is 5.69 Å². The predicted octanol–water partition coefficient (Wildman–Crippen LogP) is 4.58. The van der Waals surface area contributed by atoms with E-state index < -0.39 is 0 Å². The minimum atomic E-state index is 0. The number of ether oxygens (including phenoxy) is 1. The lowest BCUT2D eigenvalue weighted by atomic mass is 10.2. The first kappa shape index (κ1) is 15.0. The molecule has 18 heavy (non-hydrogen) atoms. The standard InChI is InChI=1S/C13H11Cl2NO.ClH/c14-10-6-5-9(7-11(10)15)8-17-13-4-2-1-3-12(13)16;/h1-7H,8,16H2;1H. The smallest absolute Gasteiger partial charge is 0.142 e. The second-order valence-electron chi connectivity index (χ2n) is 3.57. The summed E-state index contributed by atoms with van der Waals surface area (Å²) in [6.07, 6.45) is 0. The molecule has 0 bridgehead atoms. The molecule has 2 aromatic rings. The molecule has 0 saturated heterocycles. The molecule has 0 aliphatic rings. The zero-order valence-corrected chi connectivity index (χ0v) is 11.7. The minimum Gasteiger partial charge on any atom is -0.487 e. The van der Waals surface area contributed by atoms with E-state index in [4.69, 9.17) is 33.7 Å². The number of para-hydroxylation sites is 2. The summed E-state index contributed by atoms with van der Waals surface area (Å²) in [5.74, 6) is 0.665. The summed E-state index contributed by atoms with van der Waals surface area (Å²) in [6.45, 7) is 0.408. The zero-order chi connectivity index (χ0) is 12.3. The normalized spacial score (nSPS) is 9.67. The van der Waals surface area contributed by atoms with E-state index in [1.807, 2.05) is 24.3 Å². The average molecular weight is 305 g/mol. The van der Waals surface area contributed by atoms with Crippen LogP contribution in [-0.4, -0.2) is 0 Å². The van der Waals surface area contributed by atoms with Crippen molar-refractivity contribution in [1.29, 1.82) is 0 Å². The van der Waals surface area contributed by atoms with E-state index in [0.717, 1.165) is 5.56 Å². The molecular formula is C13H12Cl3NO. The van der Waals surface area contributed by atoms with Crippen molar-refractivity contribution >= 4 is 41.3 Å². The fourth-order valence-electron chi connectivity index (χ4n) is 1.40. The lowest BCUT2D eigenvalue weighted by Gasteiger charge is -2.09. The molecule has 2 nitrogen and oxygen atoms in total. The summed E-state index contributed by atoms with van der Waals surface area (Å²) in [5.41, 5.74) is 7.33. The number of nitrogen functional groups attached to an aromatic ring is 1. The van der Waals surface area contributed by atoms with Crippen molar-refractivity contribution < 1.29 is 4.74 Å². The van der Waals surface area contributed by atoms with E-state index >= 15 is 0 Å². The Bertz CT molecular complexity index is 531. The summed E-state index contributed by atoms with van der Waals surface area (Å²) < 4.78 is 5.59. The van der Waals surface area contributed by atoms with Gasteiger partial charge in [-0.3, -0.25) is 0 Å². The van der Waals surface area contributed by atoms with E-state index in [1.165, 1.54) is 0 Å². The first-order valence-electron chi connectivity index (χ1n) is 5.08. The van der Waals surface area contributed by atoms with Crippen LogP contribution in [0, 0.1) is 0 Å². The number of hydrogen-bond donors (Lipinski definition) is 1. The quantitative estimate of drug-likeness (QED) is 0.843. The topological polar surface area (TPSA) is 35.2 Å². The van der Waals surface area contributed by atoms with Gasteiger partial charge in [0.25, 0.3) is 0 Å². The highest BCUT2D eigenvalue weighted by Crippen LogP contribution is 2.25. The summed E-state index contributed by atoms with van der Waals surface area (Å²) >= 11 is 11.7.